The summed E-state index contributed by atoms with van der Waals surface area (Å²) in [4.78, 5) is 13.0. The van der Waals surface area contributed by atoms with Gasteiger partial charge in [-0.3, -0.25) is 9.48 Å². The molecule has 1 aliphatic rings. The van der Waals surface area contributed by atoms with E-state index < -0.39 is 9.84 Å². The Kier molecular flexibility index (Phi) is 5.58. The molecule has 1 aromatic heterocycles. The number of aromatic nitrogens is 2. The van der Waals surface area contributed by atoms with Crippen molar-refractivity contribution in [3.63, 3.8) is 0 Å². The largest absolute Gasteiger partial charge is 0.497 e. The van der Waals surface area contributed by atoms with Gasteiger partial charge in [0, 0.05) is 11.3 Å². The van der Waals surface area contributed by atoms with Crippen LogP contribution in [0.25, 0.3) is 11.3 Å². The van der Waals surface area contributed by atoms with E-state index in [1.54, 1.807) is 17.9 Å². The van der Waals surface area contributed by atoms with E-state index >= 15 is 0 Å². The molecule has 1 aliphatic heterocycles. The molecule has 162 valence electrons. The number of amides is 1. The second-order valence-electron chi connectivity index (χ2n) is 7.85. The maximum Gasteiger partial charge on any atom is 0.276 e. The second kappa shape index (κ2) is 8.19. The molecule has 3 aromatic rings. The fourth-order valence-electron chi connectivity index (χ4n) is 3.80. The Labute approximate surface area is 182 Å². The van der Waals surface area contributed by atoms with Gasteiger partial charge in [-0.1, -0.05) is 12.1 Å². The molecule has 1 fully saturated rings. The molecular weight excluding hydrogens is 414 g/mol. The van der Waals surface area contributed by atoms with E-state index in [0.717, 1.165) is 22.4 Å². The molecule has 0 bridgehead atoms. The van der Waals surface area contributed by atoms with E-state index in [4.69, 9.17) is 4.74 Å². The Bertz CT molecular complexity index is 1230. The van der Waals surface area contributed by atoms with Gasteiger partial charge in [0.15, 0.2) is 15.5 Å². The number of hydrogen-bond donors (Lipinski definition) is 1. The van der Waals surface area contributed by atoms with Crippen molar-refractivity contribution >= 4 is 21.4 Å². The van der Waals surface area contributed by atoms with Crippen LogP contribution in [0.1, 0.15) is 34.1 Å². The number of anilines is 1. The molecule has 1 saturated heterocycles. The third kappa shape index (κ3) is 4.34. The highest BCUT2D eigenvalue weighted by Gasteiger charge is 2.32. The quantitative estimate of drug-likeness (QED) is 0.653. The van der Waals surface area contributed by atoms with Crippen molar-refractivity contribution in [1.82, 2.24) is 9.78 Å². The van der Waals surface area contributed by atoms with Crippen LogP contribution >= 0.6 is 0 Å². The number of aryl methyl sites for hydroxylation is 1. The summed E-state index contributed by atoms with van der Waals surface area (Å²) in [6.07, 6.45) is 0.477. The second-order valence-corrected chi connectivity index (χ2v) is 10.1. The predicted molar refractivity (Wildman–Crippen MR) is 120 cm³/mol. The van der Waals surface area contributed by atoms with Gasteiger partial charge in [0.1, 0.15) is 5.75 Å². The molecule has 7 nitrogen and oxygen atoms in total. The molecule has 0 saturated carbocycles. The highest BCUT2D eigenvalue weighted by molar-refractivity contribution is 7.91. The Hall–Kier alpha value is -3.13. The lowest BCUT2D eigenvalue weighted by molar-refractivity contribution is 0.102. The van der Waals surface area contributed by atoms with Gasteiger partial charge >= 0.3 is 0 Å². The van der Waals surface area contributed by atoms with Crippen molar-refractivity contribution in [3.05, 3.63) is 65.4 Å². The first kappa shape index (κ1) is 21.1. The van der Waals surface area contributed by atoms with Crippen LogP contribution < -0.4 is 10.1 Å². The SMILES string of the molecule is COc1ccc(-c2cc(C(=O)Nc3cccc(C)c3C)nn2[C@@H]2CCS(=O)(=O)C2)cc1. The number of carbonyl (C=O) groups is 1. The van der Waals surface area contributed by atoms with Gasteiger partial charge in [-0.25, -0.2) is 8.42 Å². The first-order valence-corrected chi connectivity index (χ1v) is 11.9. The number of nitrogens with zero attached hydrogens (tertiary/aromatic N) is 2. The lowest BCUT2D eigenvalue weighted by Gasteiger charge is -2.13. The number of carbonyl (C=O) groups excluding carboxylic acids is 1. The fourth-order valence-corrected chi connectivity index (χ4v) is 5.49. The molecule has 0 radical (unpaired) electrons. The molecule has 1 atom stereocenters. The van der Waals surface area contributed by atoms with Gasteiger partial charge in [-0.2, -0.15) is 5.10 Å². The molecule has 0 aliphatic carbocycles. The molecule has 31 heavy (non-hydrogen) atoms. The van der Waals surface area contributed by atoms with Crippen molar-refractivity contribution in [2.24, 2.45) is 0 Å². The number of ether oxygens (including phenoxy) is 1. The van der Waals surface area contributed by atoms with Crippen molar-refractivity contribution < 1.29 is 17.9 Å². The average molecular weight is 440 g/mol. The van der Waals surface area contributed by atoms with Crippen LogP contribution in [-0.2, 0) is 9.84 Å². The highest BCUT2D eigenvalue weighted by atomic mass is 32.2. The average Bonchev–Trinajstić information content (AvgIpc) is 3.35. The summed E-state index contributed by atoms with van der Waals surface area (Å²) in [5.41, 5.74) is 4.59. The van der Waals surface area contributed by atoms with Gasteiger partial charge in [-0.05, 0) is 67.8 Å². The summed E-state index contributed by atoms with van der Waals surface area (Å²) in [6, 6.07) is 14.6. The fraction of sp³-hybridized carbons (Fsp3) is 0.304. The van der Waals surface area contributed by atoms with E-state index in [9.17, 15) is 13.2 Å². The lowest BCUT2D eigenvalue weighted by atomic mass is 10.1. The molecular formula is C23H25N3O4S. The number of nitrogens with one attached hydrogen (secondary N) is 1. The number of hydrogen-bond acceptors (Lipinski definition) is 5. The summed E-state index contributed by atoms with van der Waals surface area (Å²) >= 11 is 0. The molecule has 1 amide bonds. The zero-order valence-electron chi connectivity index (χ0n) is 17.8. The van der Waals surface area contributed by atoms with Crippen molar-refractivity contribution in [3.8, 4) is 17.0 Å². The van der Waals surface area contributed by atoms with E-state index in [1.807, 2.05) is 56.3 Å². The van der Waals surface area contributed by atoms with Crippen LogP contribution in [0.5, 0.6) is 5.75 Å². The minimum absolute atomic E-state index is 0.0237. The zero-order chi connectivity index (χ0) is 22.2. The van der Waals surface area contributed by atoms with Crippen LogP contribution in [-0.4, -0.2) is 42.7 Å². The molecule has 0 spiro atoms. The minimum atomic E-state index is -3.10. The normalized spacial score (nSPS) is 17.5. The van der Waals surface area contributed by atoms with Gasteiger partial charge in [-0.15, -0.1) is 0 Å². The molecule has 4 rings (SSSR count). The molecule has 2 aromatic carbocycles. The number of sulfone groups is 1. The lowest BCUT2D eigenvalue weighted by Crippen LogP contribution is -2.17. The minimum Gasteiger partial charge on any atom is -0.497 e. The molecule has 1 N–H and O–H groups in total. The number of rotatable bonds is 5. The molecule has 0 unspecified atom stereocenters. The molecule has 8 heteroatoms. The topological polar surface area (TPSA) is 90.3 Å². The van der Waals surface area contributed by atoms with Crippen molar-refractivity contribution in [2.75, 3.05) is 23.9 Å². The van der Waals surface area contributed by atoms with Crippen LogP contribution in [0.4, 0.5) is 5.69 Å². The van der Waals surface area contributed by atoms with Gasteiger partial charge in [0.05, 0.1) is 30.4 Å². The summed E-state index contributed by atoms with van der Waals surface area (Å²) in [6.45, 7) is 3.94. The first-order chi connectivity index (χ1) is 14.8. The van der Waals surface area contributed by atoms with Crippen molar-refractivity contribution in [1.29, 1.82) is 0 Å². The Morgan fingerprint density at radius 2 is 1.90 bits per heavy atom. The summed E-state index contributed by atoms with van der Waals surface area (Å²) in [7, 11) is -1.51. The van der Waals surface area contributed by atoms with Gasteiger partial charge < -0.3 is 10.1 Å². The van der Waals surface area contributed by atoms with E-state index in [2.05, 4.69) is 10.4 Å². The van der Waals surface area contributed by atoms with Gasteiger partial charge in [0.2, 0.25) is 0 Å². The first-order valence-electron chi connectivity index (χ1n) is 10.1. The van der Waals surface area contributed by atoms with Crippen LogP contribution in [0.2, 0.25) is 0 Å². The van der Waals surface area contributed by atoms with Gasteiger partial charge in [0.25, 0.3) is 5.91 Å². The van der Waals surface area contributed by atoms with Crippen LogP contribution in [0.15, 0.2) is 48.5 Å². The standard InChI is InChI=1S/C23H25N3O4S/c1-15-5-4-6-20(16(15)2)24-23(27)21-13-22(17-7-9-19(30-3)10-8-17)26(25-21)18-11-12-31(28,29)14-18/h4-10,13,18H,11-12,14H2,1-3H3,(H,24,27)/t18-/m1/s1. The van der Waals surface area contributed by atoms with E-state index in [-0.39, 0.29) is 29.1 Å². The van der Waals surface area contributed by atoms with Crippen molar-refractivity contribution in [2.45, 2.75) is 26.3 Å². The van der Waals surface area contributed by atoms with Crippen LogP contribution in [0.3, 0.4) is 0 Å². The summed E-state index contributed by atoms with van der Waals surface area (Å²) in [5.74, 6) is 0.536. The smallest absolute Gasteiger partial charge is 0.276 e. The number of methoxy groups -OCH3 is 1. The zero-order valence-corrected chi connectivity index (χ0v) is 18.6. The molecule has 2 heterocycles. The van der Waals surface area contributed by atoms with E-state index in [0.29, 0.717) is 17.9 Å². The Morgan fingerprint density at radius 3 is 2.55 bits per heavy atom. The highest BCUT2D eigenvalue weighted by Crippen LogP contribution is 2.31. The Morgan fingerprint density at radius 1 is 1.16 bits per heavy atom. The predicted octanol–water partition coefficient (Wildman–Crippen LogP) is 3.79. The van der Waals surface area contributed by atoms with E-state index in [1.165, 1.54) is 0 Å². The maximum atomic E-state index is 13.0. The maximum absolute atomic E-state index is 13.0. The third-order valence-electron chi connectivity index (χ3n) is 5.76. The number of benzene rings is 2. The third-order valence-corrected chi connectivity index (χ3v) is 7.51. The summed E-state index contributed by atoms with van der Waals surface area (Å²) < 4.78 is 31.0. The monoisotopic (exact) mass is 439 g/mol. The van der Waals surface area contributed by atoms with Crippen LogP contribution in [0, 0.1) is 13.8 Å². The Balaban J connectivity index is 1.71. The summed E-state index contributed by atoms with van der Waals surface area (Å²) in [5, 5.41) is 7.47.